The second-order valence-electron chi connectivity index (χ2n) is 7.53. The Kier molecular flexibility index (Phi) is 6.03. The number of hydrazine groups is 1. The van der Waals surface area contributed by atoms with Gasteiger partial charge in [-0.2, -0.15) is 0 Å². The van der Waals surface area contributed by atoms with E-state index in [9.17, 15) is 9.90 Å². The molecule has 2 N–H and O–H groups in total. The Morgan fingerprint density at radius 3 is 2.34 bits per heavy atom. The molecule has 1 heterocycles. The van der Waals surface area contributed by atoms with Crippen molar-refractivity contribution in [2.45, 2.75) is 18.9 Å². The van der Waals surface area contributed by atoms with Crippen molar-refractivity contribution in [1.29, 1.82) is 0 Å². The summed E-state index contributed by atoms with van der Waals surface area (Å²) in [5.74, 6) is -0.152. The van der Waals surface area contributed by atoms with Crippen LogP contribution in [-0.2, 0) is 12.8 Å². The van der Waals surface area contributed by atoms with E-state index >= 15 is 0 Å². The van der Waals surface area contributed by atoms with E-state index < -0.39 is 0 Å². The van der Waals surface area contributed by atoms with E-state index in [1.54, 1.807) is 0 Å². The van der Waals surface area contributed by atoms with Gasteiger partial charge in [0.1, 0.15) is 0 Å². The lowest BCUT2D eigenvalue weighted by Crippen LogP contribution is -2.50. The first-order chi connectivity index (χ1) is 14.3. The topological polar surface area (TPSA) is 52.6 Å². The average Bonchev–Trinajstić information content (AvgIpc) is 2.79. The number of carbonyl (C=O) groups excluding carboxylic acids is 1. The van der Waals surface area contributed by atoms with Gasteiger partial charge in [0.15, 0.2) is 0 Å². The number of amides is 1. The second-order valence-corrected chi connectivity index (χ2v) is 7.53. The molecule has 4 rings (SSSR count). The first-order valence-corrected chi connectivity index (χ1v) is 10.1. The molecule has 0 aromatic heterocycles. The molecule has 1 aliphatic heterocycles. The summed E-state index contributed by atoms with van der Waals surface area (Å²) in [7, 11) is 0. The van der Waals surface area contributed by atoms with E-state index in [0.717, 1.165) is 12.8 Å². The number of nitrogens with zero attached hydrogens (tertiary/aromatic N) is 1. The van der Waals surface area contributed by atoms with Crippen molar-refractivity contribution in [3.8, 4) is 0 Å². The first kappa shape index (κ1) is 19.4. The molecule has 0 radical (unpaired) electrons. The van der Waals surface area contributed by atoms with E-state index in [-0.39, 0.29) is 24.5 Å². The number of aliphatic hydroxyl groups is 1. The van der Waals surface area contributed by atoms with Crippen LogP contribution in [0, 0.1) is 5.92 Å². The lowest BCUT2D eigenvalue weighted by molar-refractivity contribution is 0.0379. The number of carbonyl (C=O) groups is 1. The molecular weight excluding hydrogens is 360 g/mol. The molecule has 2 atom stereocenters. The summed E-state index contributed by atoms with van der Waals surface area (Å²) >= 11 is 0. The number of hydrogen-bond donors (Lipinski definition) is 2. The van der Waals surface area contributed by atoms with Crippen LogP contribution in [0.2, 0.25) is 0 Å². The van der Waals surface area contributed by atoms with Crippen LogP contribution < -0.4 is 5.43 Å². The Morgan fingerprint density at radius 1 is 0.966 bits per heavy atom. The number of aliphatic hydroxyl groups excluding tert-OH is 1. The fourth-order valence-corrected chi connectivity index (χ4v) is 4.21. The van der Waals surface area contributed by atoms with E-state index in [0.29, 0.717) is 12.1 Å². The third kappa shape index (κ3) is 4.39. The van der Waals surface area contributed by atoms with Crippen LogP contribution in [0.4, 0.5) is 0 Å². The highest BCUT2D eigenvalue weighted by Gasteiger charge is 2.34. The fourth-order valence-electron chi connectivity index (χ4n) is 4.21. The largest absolute Gasteiger partial charge is 0.396 e. The zero-order chi connectivity index (χ0) is 20.1. The van der Waals surface area contributed by atoms with Gasteiger partial charge in [-0.3, -0.25) is 10.2 Å². The van der Waals surface area contributed by atoms with Gasteiger partial charge in [-0.25, -0.2) is 5.01 Å². The predicted octanol–water partition coefficient (Wildman–Crippen LogP) is 3.78. The molecule has 1 amide bonds. The normalized spacial score (nSPS) is 17.3. The summed E-state index contributed by atoms with van der Waals surface area (Å²) in [6.45, 7) is 0.761. The van der Waals surface area contributed by atoms with Gasteiger partial charge in [-0.05, 0) is 41.7 Å². The van der Waals surface area contributed by atoms with Gasteiger partial charge in [0.2, 0.25) is 0 Å². The zero-order valence-corrected chi connectivity index (χ0v) is 16.4. The third-order valence-corrected chi connectivity index (χ3v) is 5.63. The smallest absolute Gasteiger partial charge is 0.265 e. The summed E-state index contributed by atoms with van der Waals surface area (Å²) in [5.41, 5.74) is 7.40. The molecule has 0 bridgehead atoms. The molecule has 0 saturated carbocycles. The number of hydrogen-bond acceptors (Lipinski definition) is 3. The lowest BCUT2D eigenvalue weighted by atomic mass is 9.83. The number of benzene rings is 3. The van der Waals surface area contributed by atoms with Crippen molar-refractivity contribution in [2.24, 2.45) is 5.92 Å². The minimum Gasteiger partial charge on any atom is -0.396 e. The number of rotatable bonds is 6. The van der Waals surface area contributed by atoms with Crippen molar-refractivity contribution >= 4 is 5.91 Å². The van der Waals surface area contributed by atoms with Gasteiger partial charge in [0.25, 0.3) is 5.91 Å². The van der Waals surface area contributed by atoms with Gasteiger partial charge < -0.3 is 5.11 Å². The van der Waals surface area contributed by atoms with Crippen LogP contribution in [-0.4, -0.2) is 29.2 Å². The van der Waals surface area contributed by atoms with E-state index in [4.69, 9.17) is 0 Å². The van der Waals surface area contributed by atoms with E-state index in [1.165, 1.54) is 16.7 Å². The van der Waals surface area contributed by atoms with Crippen LogP contribution in [0.15, 0.2) is 84.9 Å². The predicted molar refractivity (Wildman–Crippen MR) is 114 cm³/mol. The van der Waals surface area contributed by atoms with E-state index in [2.05, 4.69) is 35.8 Å². The minimum atomic E-state index is -0.119. The molecule has 0 spiro atoms. The summed E-state index contributed by atoms with van der Waals surface area (Å²) in [6.07, 6.45) is 1.61. The second kappa shape index (κ2) is 9.03. The molecular formula is C25H26N2O2. The van der Waals surface area contributed by atoms with Crippen molar-refractivity contribution in [2.75, 3.05) is 13.2 Å². The van der Waals surface area contributed by atoms with Crippen LogP contribution >= 0.6 is 0 Å². The average molecular weight is 386 g/mol. The maximum absolute atomic E-state index is 12.8. The van der Waals surface area contributed by atoms with Crippen LogP contribution in [0.25, 0.3) is 0 Å². The molecule has 0 unspecified atom stereocenters. The van der Waals surface area contributed by atoms with Crippen LogP contribution in [0.1, 0.15) is 33.1 Å². The molecule has 1 aliphatic rings. The highest BCUT2D eigenvalue weighted by molar-refractivity contribution is 5.93. The van der Waals surface area contributed by atoms with Crippen molar-refractivity contribution in [1.82, 2.24) is 10.4 Å². The van der Waals surface area contributed by atoms with Crippen LogP contribution in [0.3, 0.4) is 0 Å². The molecule has 0 aliphatic carbocycles. The first-order valence-electron chi connectivity index (χ1n) is 10.1. The molecule has 0 fully saturated rings. The van der Waals surface area contributed by atoms with Gasteiger partial charge in [-0.15, -0.1) is 0 Å². The molecule has 148 valence electrons. The Morgan fingerprint density at radius 2 is 1.62 bits per heavy atom. The summed E-state index contributed by atoms with van der Waals surface area (Å²) < 4.78 is 0. The summed E-state index contributed by atoms with van der Waals surface area (Å²) in [4.78, 5) is 12.8. The Bertz CT molecular complexity index is 943. The molecule has 0 saturated heterocycles. The SMILES string of the molecule is O=C(NN1CCc2ccccc2[C@@H]1[C@@H](CO)Cc1ccccc1)c1ccccc1. The van der Waals surface area contributed by atoms with Gasteiger partial charge >= 0.3 is 0 Å². The summed E-state index contributed by atoms with van der Waals surface area (Å²) in [6, 6.07) is 27.7. The van der Waals surface area contributed by atoms with Crippen molar-refractivity contribution in [3.63, 3.8) is 0 Å². The third-order valence-electron chi connectivity index (χ3n) is 5.63. The van der Waals surface area contributed by atoms with Crippen molar-refractivity contribution in [3.05, 3.63) is 107 Å². The summed E-state index contributed by atoms with van der Waals surface area (Å²) in [5, 5.41) is 12.3. The maximum atomic E-state index is 12.8. The van der Waals surface area contributed by atoms with Gasteiger partial charge in [0.05, 0.1) is 6.04 Å². The lowest BCUT2D eigenvalue weighted by Gasteiger charge is -2.41. The van der Waals surface area contributed by atoms with E-state index in [1.807, 2.05) is 59.6 Å². The standard InChI is InChI=1S/C25H26N2O2/c28-18-22(17-19-9-3-1-4-10-19)24-23-14-8-7-11-20(23)15-16-27(24)26-25(29)21-12-5-2-6-13-21/h1-14,22,24,28H,15-18H2,(H,26,29)/t22-,24+/m1/s1. The van der Waals surface area contributed by atoms with Gasteiger partial charge in [0, 0.05) is 24.6 Å². The fraction of sp³-hybridized carbons (Fsp3) is 0.240. The highest BCUT2D eigenvalue weighted by Crippen LogP contribution is 2.35. The minimum absolute atomic E-state index is 0.0325. The molecule has 4 heteroatoms. The van der Waals surface area contributed by atoms with Crippen molar-refractivity contribution < 1.29 is 9.90 Å². The van der Waals surface area contributed by atoms with Gasteiger partial charge in [-0.1, -0.05) is 72.8 Å². The maximum Gasteiger partial charge on any atom is 0.265 e. The van der Waals surface area contributed by atoms with Crippen LogP contribution in [0.5, 0.6) is 0 Å². The Labute approximate surface area is 171 Å². The molecule has 3 aromatic rings. The molecule has 4 nitrogen and oxygen atoms in total. The molecule has 3 aromatic carbocycles. The number of nitrogens with one attached hydrogen (secondary N) is 1. The molecule has 29 heavy (non-hydrogen) atoms. The zero-order valence-electron chi connectivity index (χ0n) is 16.4. The monoisotopic (exact) mass is 386 g/mol. The highest BCUT2D eigenvalue weighted by atomic mass is 16.3. The number of fused-ring (bicyclic) bond motifs is 1. The quantitative estimate of drug-likeness (QED) is 0.678. The Balaban J connectivity index is 1.63. The Hall–Kier alpha value is -2.95.